The van der Waals surface area contributed by atoms with Gasteiger partial charge in [-0.05, 0) is 30.3 Å². The molecule has 1 nitrogen and oxygen atoms in total. The Bertz CT molecular complexity index is 583. The van der Waals surface area contributed by atoms with Crippen LogP contribution in [-0.4, -0.2) is 5.78 Å². The first-order chi connectivity index (χ1) is 8.09. The van der Waals surface area contributed by atoms with Crippen molar-refractivity contribution in [3.8, 4) is 0 Å². The number of ketones is 1. The summed E-state index contributed by atoms with van der Waals surface area (Å²) in [4.78, 5) is 12.2. The molecule has 2 aromatic carbocycles. The molecule has 0 saturated heterocycles. The molecule has 0 aromatic heterocycles. The molecule has 0 heterocycles. The molecule has 2 rings (SSSR count). The third-order valence-corrected chi connectivity index (χ3v) is 3.31. The van der Waals surface area contributed by atoms with Crippen LogP contribution in [0.25, 0.3) is 0 Å². The number of carbonyl (C=O) groups is 1. The van der Waals surface area contributed by atoms with E-state index in [2.05, 4.69) is 15.9 Å². The Morgan fingerprint density at radius 1 is 1.12 bits per heavy atom. The molecular formula is C13H7BrClFO. The van der Waals surface area contributed by atoms with E-state index in [9.17, 15) is 9.18 Å². The molecule has 0 aliphatic carbocycles. The second kappa shape index (κ2) is 4.98. The van der Waals surface area contributed by atoms with Gasteiger partial charge in [-0.15, -0.1) is 0 Å². The van der Waals surface area contributed by atoms with E-state index in [1.165, 1.54) is 18.2 Å². The molecule has 4 heteroatoms. The average Bonchev–Trinajstić information content (AvgIpc) is 2.32. The van der Waals surface area contributed by atoms with Crippen molar-refractivity contribution >= 4 is 33.3 Å². The molecule has 0 aliphatic rings. The van der Waals surface area contributed by atoms with Crippen LogP contribution in [0.2, 0.25) is 5.02 Å². The molecule has 0 N–H and O–H groups in total. The van der Waals surface area contributed by atoms with Gasteiger partial charge in [0.15, 0.2) is 5.78 Å². The standard InChI is InChI=1S/C13H7BrClFO/c14-11-6-5-8(16)7-10(11)13(17)9-3-1-2-4-12(9)15/h1-7H. The molecule has 0 saturated carbocycles. The zero-order valence-electron chi connectivity index (χ0n) is 8.58. The Morgan fingerprint density at radius 2 is 1.82 bits per heavy atom. The van der Waals surface area contributed by atoms with Gasteiger partial charge in [0.25, 0.3) is 0 Å². The first-order valence-corrected chi connectivity index (χ1v) is 6.01. The van der Waals surface area contributed by atoms with Crippen LogP contribution < -0.4 is 0 Å². The molecular weight excluding hydrogens is 306 g/mol. The van der Waals surface area contributed by atoms with Gasteiger partial charge in [0.1, 0.15) is 5.82 Å². The largest absolute Gasteiger partial charge is 0.289 e. The van der Waals surface area contributed by atoms with Gasteiger partial charge < -0.3 is 0 Å². The summed E-state index contributed by atoms with van der Waals surface area (Å²) in [5, 5.41) is 0.355. The fourth-order valence-corrected chi connectivity index (χ4v) is 2.11. The number of carbonyl (C=O) groups excluding carboxylic acids is 1. The Labute approximate surface area is 111 Å². The number of halogens is 3. The van der Waals surface area contributed by atoms with E-state index >= 15 is 0 Å². The molecule has 0 aliphatic heterocycles. The van der Waals surface area contributed by atoms with E-state index in [1.54, 1.807) is 24.3 Å². The predicted molar refractivity (Wildman–Crippen MR) is 69.0 cm³/mol. The van der Waals surface area contributed by atoms with E-state index in [1.807, 2.05) is 0 Å². The quantitative estimate of drug-likeness (QED) is 0.748. The van der Waals surface area contributed by atoms with Crippen molar-refractivity contribution in [3.63, 3.8) is 0 Å². The normalized spacial score (nSPS) is 10.3. The summed E-state index contributed by atoms with van der Waals surface area (Å²) < 4.78 is 13.7. The Kier molecular flexibility index (Phi) is 3.60. The van der Waals surface area contributed by atoms with Crippen molar-refractivity contribution in [1.82, 2.24) is 0 Å². The number of benzene rings is 2. The number of hydrogen-bond acceptors (Lipinski definition) is 1. The van der Waals surface area contributed by atoms with Crippen LogP contribution in [0.4, 0.5) is 4.39 Å². The lowest BCUT2D eigenvalue weighted by atomic mass is 10.0. The Hall–Kier alpha value is -1.19. The summed E-state index contributed by atoms with van der Waals surface area (Å²) >= 11 is 9.15. The molecule has 0 amide bonds. The highest BCUT2D eigenvalue weighted by atomic mass is 79.9. The predicted octanol–water partition coefficient (Wildman–Crippen LogP) is 4.47. The van der Waals surface area contributed by atoms with Crippen molar-refractivity contribution in [2.45, 2.75) is 0 Å². The van der Waals surface area contributed by atoms with Crippen molar-refractivity contribution in [1.29, 1.82) is 0 Å². The molecule has 17 heavy (non-hydrogen) atoms. The highest BCUT2D eigenvalue weighted by Gasteiger charge is 2.15. The van der Waals surface area contributed by atoms with Gasteiger partial charge in [0.2, 0.25) is 0 Å². The number of hydrogen-bond donors (Lipinski definition) is 0. The van der Waals surface area contributed by atoms with Crippen LogP contribution >= 0.6 is 27.5 Å². The van der Waals surface area contributed by atoms with E-state index in [4.69, 9.17) is 11.6 Å². The van der Waals surface area contributed by atoms with Gasteiger partial charge in [0.05, 0.1) is 5.02 Å². The van der Waals surface area contributed by atoms with Gasteiger partial charge in [-0.3, -0.25) is 4.79 Å². The second-order valence-electron chi connectivity index (χ2n) is 3.43. The van der Waals surface area contributed by atoms with Gasteiger partial charge in [0, 0.05) is 15.6 Å². The molecule has 0 radical (unpaired) electrons. The van der Waals surface area contributed by atoms with Crippen LogP contribution in [0.15, 0.2) is 46.9 Å². The maximum atomic E-state index is 13.1. The van der Waals surface area contributed by atoms with E-state index < -0.39 is 5.82 Å². The molecule has 0 bridgehead atoms. The average molecular weight is 314 g/mol. The maximum absolute atomic E-state index is 13.1. The highest BCUT2D eigenvalue weighted by Crippen LogP contribution is 2.24. The lowest BCUT2D eigenvalue weighted by Crippen LogP contribution is -2.03. The summed E-state index contributed by atoms with van der Waals surface area (Å²) in [6, 6.07) is 10.7. The van der Waals surface area contributed by atoms with Gasteiger partial charge in [-0.1, -0.05) is 39.7 Å². The van der Waals surface area contributed by atoms with Crippen LogP contribution in [0.3, 0.4) is 0 Å². The minimum absolute atomic E-state index is 0.262. The van der Waals surface area contributed by atoms with Crippen LogP contribution in [-0.2, 0) is 0 Å². The van der Waals surface area contributed by atoms with Gasteiger partial charge in [-0.25, -0.2) is 4.39 Å². The highest BCUT2D eigenvalue weighted by molar-refractivity contribution is 9.10. The third-order valence-electron chi connectivity index (χ3n) is 2.29. The fourth-order valence-electron chi connectivity index (χ4n) is 1.46. The maximum Gasteiger partial charge on any atom is 0.195 e. The second-order valence-corrected chi connectivity index (χ2v) is 4.69. The third kappa shape index (κ3) is 2.56. The number of rotatable bonds is 2. The van der Waals surface area contributed by atoms with Crippen molar-refractivity contribution in [2.75, 3.05) is 0 Å². The fraction of sp³-hybridized carbons (Fsp3) is 0. The smallest absolute Gasteiger partial charge is 0.195 e. The lowest BCUT2D eigenvalue weighted by Gasteiger charge is -2.05. The summed E-state index contributed by atoms with van der Waals surface area (Å²) in [6.45, 7) is 0. The topological polar surface area (TPSA) is 17.1 Å². The summed E-state index contributed by atoms with van der Waals surface area (Å²) in [5.41, 5.74) is 0.624. The zero-order valence-corrected chi connectivity index (χ0v) is 10.9. The molecule has 86 valence electrons. The van der Waals surface area contributed by atoms with Crippen molar-refractivity contribution in [3.05, 3.63) is 68.9 Å². The molecule has 0 spiro atoms. The molecule has 2 aromatic rings. The SMILES string of the molecule is O=C(c1ccccc1Cl)c1cc(F)ccc1Br. The lowest BCUT2D eigenvalue weighted by molar-refractivity contribution is 0.103. The first-order valence-electron chi connectivity index (χ1n) is 4.84. The first kappa shape index (κ1) is 12.3. The van der Waals surface area contributed by atoms with Crippen molar-refractivity contribution in [2.24, 2.45) is 0 Å². The Morgan fingerprint density at radius 3 is 2.53 bits per heavy atom. The summed E-state index contributed by atoms with van der Waals surface area (Å²) in [6.07, 6.45) is 0. The minimum atomic E-state index is -0.455. The zero-order chi connectivity index (χ0) is 12.4. The van der Waals surface area contributed by atoms with Crippen molar-refractivity contribution < 1.29 is 9.18 Å². The molecule has 0 unspecified atom stereocenters. The van der Waals surface area contributed by atoms with E-state index in [0.29, 0.717) is 15.1 Å². The molecule has 0 fully saturated rings. The Balaban J connectivity index is 2.51. The summed E-state index contributed by atoms with van der Waals surface area (Å²) in [7, 11) is 0. The van der Waals surface area contributed by atoms with Crippen LogP contribution in [0.1, 0.15) is 15.9 Å². The van der Waals surface area contributed by atoms with E-state index in [-0.39, 0.29) is 11.3 Å². The van der Waals surface area contributed by atoms with Crippen LogP contribution in [0.5, 0.6) is 0 Å². The van der Waals surface area contributed by atoms with E-state index in [0.717, 1.165) is 0 Å². The van der Waals surface area contributed by atoms with Gasteiger partial charge in [-0.2, -0.15) is 0 Å². The molecule has 0 atom stereocenters. The monoisotopic (exact) mass is 312 g/mol. The van der Waals surface area contributed by atoms with Gasteiger partial charge >= 0.3 is 0 Å². The summed E-state index contributed by atoms with van der Waals surface area (Å²) in [5.74, 6) is -0.759. The minimum Gasteiger partial charge on any atom is -0.289 e. The van der Waals surface area contributed by atoms with Crippen LogP contribution in [0, 0.1) is 5.82 Å².